The van der Waals surface area contributed by atoms with E-state index in [2.05, 4.69) is 6.58 Å². The largest absolute Gasteiger partial charge is 0.384 e. The van der Waals surface area contributed by atoms with Crippen molar-refractivity contribution in [2.45, 2.75) is 6.10 Å². The smallest absolute Gasteiger partial charge is 0.148 e. The molecule has 1 nitrogen and oxygen atoms in total. The molecule has 0 spiro atoms. The van der Waals surface area contributed by atoms with Crippen LogP contribution in [0.3, 0.4) is 0 Å². The maximum atomic E-state index is 13.2. The Kier molecular flexibility index (Phi) is 3.31. The van der Waals surface area contributed by atoms with E-state index in [4.69, 9.17) is 23.2 Å². The first kappa shape index (κ1) is 10.5. The van der Waals surface area contributed by atoms with E-state index in [9.17, 15) is 9.50 Å². The third-order valence-electron chi connectivity index (χ3n) is 1.56. The van der Waals surface area contributed by atoms with Crippen molar-refractivity contribution in [3.05, 3.63) is 46.2 Å². The van der Waals surface area contributed by atoms with Crippen molar-refractivity contribution in [3.63, 3.8) is 0 Å². The van der Waals surface area contributed by atoms with E-state index in [1.54, 1.807) is 0 Å². The number of aliphatic hydroxyl groups excluding tert-OH is 1. The van der Waals surface area contributed by atoms with Crippen LogP contribution in [0.4, 0.5) is 4.39 Å². The van der Waals surface area contributed by atoms with E-state index in [0.29, 0.717) is 0 Å². The molecule has 0 aliphatic rings. The minimum absolute atomic E-state index is 0.0347. The Bertz CT molecular complexity index is 339. The van der Waals surface area contributed by atoms with Gasteiger partial charge in [-0.05, 0) is 12.1 Å². The average Bonchev–Trinajstić information content (AvgIpc) is 2.10. The van der Waals surface area contributed by atoms with Crippen LogP contribution in [-0.2, 0) is 0 Å². The first-order chi connectivity index (χ1) is 6.06. The van der Waals surface area contributed by atoms with Gasteiger partial charge in [0.25, 0.3) is 0 Å². The van der Waals surface area contributed by atoms with Crippen molar-refractivity contribution in [1.29, 1.82) is 0 Å². The van der Waals surface area contributed by atoms with Crippen LogP contribution >= 0.6 is 23.2 Å². The molecule has 0 bridgehead atoms. The lowest BCUT2D eigenvalue weighted by atomic mass is 10.1. The Morgan fingerprint density at radius 2 is 2.08 bits per heavy atom. The summed E-state index contributed by atoms with van der Waals surface area (Å²) in [6, 6.07) is 2.59. The van der Waals surface area contributed by atoms with Gasteiger partial charge in [-0.15, -0.1) is 6.58 Å². The number of benzene rings is 1. The molecular formula is C9H7Cl2FO. The molecule has 1 aromatic rings. The number of rotatable bonds is 2. The monoisotopic (exact) mass is 220 g/mol. The topological polar surface area (TPSA) is 20.2 Å². The van der Waals surface area contributed by atoms with Crippen LogP contribution in [0.5, 0.6) is 0 Å². The summed E-state index contributed by atoms with van der Waals surface area (Å²) in [5.41, 5.74) is 0.0347. The summed E-state index contributed by atoms with van der Waals surface area (Å²) in [4.78, 5) is 0. The molecule has 0 amide bonds. The second kappa shape index (κ2) is 4.09. The van der Waals surface area contributed by atoms with Crippen molar-refractivity contribution in [2.24, 2.45) is 0 Å². The van der Waals surface area contributed by atoms with Crippen LogP contribution in [0.15, 0.2) is 24.8 Å². The van der Waals surface area contributed by atoms with E-state index in [1.807, 2.05) is 0 Å². The lowest BCUT2D eigenvalue weighted by Crippen LogP contribution is -1.97. The van der Waals surface area contributed by atoms with Gasteiger partial charge >= 0.3 is 0 Å². The zero-order valence-corrected chi connectivity index (χ0v) is 8.11. The van der Waals surface area contributed by atoms with Gasteiger partial charge < -0.3 is 5.11 Å². The Hall–Kier alpha value is -0.570. The van der Waals surface area contributed by atoms with Gasteiger partial charge in [-0.1, -0.05) is 29.3 Å². The van der Waals surface area contributed by atoms with E-state index in [-0.39, 0.29) is 15.6 Å². The highest BCUT2D eigenvalue weighted by Gasteiger charge is 2.13. The van der Waals surface area contributed by atoms with Crippen LogP contribution in [0.1, 0.15) is 11.7 Å². The van der Waals surface area contributed by atoms with Gasteiger partial charge in [-0.25, -0.2) is 4.39 Å². The van der Waals surface area contributed by atoms with Gasteiger partial charge in [0, 0.05) is 10.6 Å². The molecule has 0 fully saturated rings. The quantitative estimate of drug-likeness (QED) is 0.599. The predicted molar refractivity (Wildman–Crippen MR) is 51.6 cm³/mol. The summed E-state index contributed by atoms with van der Waals surface area (Å²) in [5, 5.41) is 9.46. The first-order valence-electron chi connectivity index (χ1n) is 3.51. The minimum Gasteiger partial charge on any atom is -0.384 e. The SMILES string of the molecule is C=CC(O)c1cc(Cl)cc(Cl)c1F. The summed E-state index contributed by atoms with van der Waals surface area (Å²) >= 11 is 11.1. The van der Waals surface area contributed by atoms with Crippen LogP contribution in [0, 0.1) is 5.82 Å². The number of hydrogen-bond donors (Lipinski definition) is 1. The van der Waals surface area contributed by atoms with Crippen molar-refractivity contribution in [3.8, 4) is 0 Å². The zero-order chi connectivity index (χ0) is 10.0. The molecule has 1 N–H and O–H groups in total. The molecule has 1 unspecified atom stereocenters. The molecule has 70 valence electrons. The fraction of sp³-hybridized carbons (Fsp3) is 0.111. The molecular weight excluding hydrogens is 214 g/mol. The molecule has 0 saturated heterocycles. The lowest BCUT2D eigenvalue weighted by molar-refractivity contribution is 0.223. The molecule has 0 saturated carbocycles. The van der Waals surface area contributed by atoms with Crippen molar-refractivity contribution in [1.82, 2.24) is 0 Å². The average molecular weight is 221 g/mol. The van der Waals surface area contributed by atoms with Crippen LogP contribution in [0.2, 0.25) is 10.0 Å². The van der Waals surface area contributed by atoms with Gasteiger partial charge in [0.2, 0.25) is 0 Å². The molecule has 4 heteroatoms. The Morgan fingerprint density at radius 1 is 1.46 bits per heavy atom. The third-order valence-corrected chi connectivity index (χ3v) is 2.06. The molecule has 1 aromatic carbocycles. The van der Waals surface area contributed by atoms with Gasteiger partial charge in [-0.3, -0.25) is 0 Å². The Morgan fingerprint density at radius 3 is 2.62 bits per heavy atom. The fourth-order valence-corrected chi connectivity index (χ4v) is 1.43. The van der Waals surface area contributed by atoms with Crippen molar-refractivity contribution >= 4 is 23.2 Å². The van der Waals surface area contributed by atoms with Crippen LogP contribution in [-0.4, -0.2) is 5.11 Å². The maximum Gasteiger partial charge on any atom is 0.148 e. The van der Waals surface area contributed by atoms with Crippen LogP contribution in [0.25, 0.3) is 0 Å². The summed E-state index contributed by atoms with van der Waals surface area (Å²) in [6.45, 7) is 3.33. The second-order valence-electron chi connectivity index (χ2n) is 2.47. The summed E-state index contributed by atoms with van der Waals surface area (Å²) < 4.78 is 13.2. The molecule has 1 atom stereocenters. The first-order valence-corrected chi connectivity index (χ1v) is 4.27. The van der Waals surface area contributed by atoms with Gasteiger partial charge in [0.05, 0.1) is 11.1 Å². The van der Waals surface area contributed by atoms with Crippen molar-refractivity contribution in [2.75, 3.05) is 0 Å². The van der Waals surface area contributed by atoms with E-state index in [0.717, 1.165) is 0 Å². The molecule has 0 aliphatic carbocycles. The molecule has 0 radical (unpaired) electrons. The van der Waals surface area contributed by atoms with Gasteiger partial charge in [0.15, 0.2) is 0 Å². The number of hydrogen-bond acceptors (Lipinski definition) is 1. The summed E-state index contributed by atoms with van der Waals surface area (Å²) in [7, 11) is 0. The Balaban J connectivity index is 3.27. The highest BCUT2D eigenvalue weighted by atomic mass is 35.5. The third kappa shape index (κ3) is 2.21. The molecule has 0 heterocycles. The Labute approximate surface area is 85.4 Å². The fourth-order valence-electron chi connectivity index (χ4n) is 0.918. The van der Waals surface area contributed by atoms with E-state index < -0.39 is 11.9 Å². The summed E-state index contributed by atoms with van der Waals surface area (Å²) in [6.07, 6.45) is 0.113. The molecule has 0 aliphatic heterocycles. The highest BCUT2D eigenvalue weighted by molar-refractivity contribution is 6.34. The van der Waals surface area contributed by atoms with Gasteiger partial charge in [0.1, 0.15) is 5.82 Å². The molecule has 13 heavy (non-hydrogen) atoms. The normalized spacial score (nSPS) is 12.6. The second-order valence-corrected chi connectivity index (χ2v) is 3.31. The standard InChI is InChI=1S/C9H7Cl2FO/c1-2-8(13)6-3-5(10)4-7(11)9(6)12/h2-4,8,13H,1H2. The van der Waals surface area contributed by atoms with E-state index in [1.165, 1.54) is 18.2 Å². The minimum atomic E-state index is -1.09. The van der Waals surface area contributed by atoms with E-state index >= 15 is 0 Å². The number of halogens is 3. The lowest BCUT2D eigenvalue weighted by Gasteiger charge is -2.08. The van der Waals surface area contributed by atoms with Crippen molar-refractivity contribution < 1.29 is 9.50 Å². The highest BCUT2D eigenvalue weighted by Crippen LogP contribution is 2.28. The predicted octanol–water partition coefficient (Wildman–Crippen LogP) is 3.35. The molecule has 0 aromatic heterocycles. The maximum absolute atomic E-state index is 13.2. The van der Waals surface area contributed by atoms with Gasteiger partial charge in [-0.2, -0.15) is 0 Å². The van der Waals surface area contributed by atoms with Crippen LogP contribution < -0.4 is 0 Å². The summed E-state index contributed by atoms with van der Waals surface area (Å²) in [5.74, 6) is -0.668. The zero-order valence-electron chi connectivity index (χ0n) is 6.60. The number of aliphatic hydroxyl groups is 1. The molecule has 1 rings (SSSR count).